The van der Waals surface area contributed by atoms with E-state index in [2.05, 4.69) is 9.59 Å². The first kappa shape index (κ1) is 12.6. The van der Waals surface area contributed by atoms with Crippen molar-refractivity contribution in [2.24, 2.45) is 0 Å². The highest BCUT2D eigenvalue weighted by molar-refractivity contribution is 7.08. The number of hydrogen-bond acceptors (Lipinski definition) is 4. The SMILES string of the molecule is O=C(c1ccc(C(F)(F)F)c(F)c1)c1cnns1. The van der Waals surface area contributed by atoms with Crippen molar-refractivity contribution in [3.63, 3.8) is 0 Å². The summed E-state index contributed by atoms with van der Waals surface area (Å²) in [5, 5.41) is 3.42. The number of carbonyl (C=O) groups is 1. The van der Waals surface area contributed by atoms with E-state index in [1.807, 2.05) is 0 Å². The van der Waals surface area contributed by atoms with Crippen LogP contribution in [0.1, 0.15) is 20.8 Å². The Morgan fingerprint density at radius 2 is 2.00 bits per heavy atom. The summed E-state index contributed by atoms with van der Waals surface area (Å²) in [6, 6.07) is 2.02. The summed E-state index contributed by atoms with van der Waals surface area (Å²) < 4.78 is 53.6. The molecule has 0 aliphatic rings. The van der Waals surface area contributed by atoms with E-state index in [1.165, 1.54) is 6.20 Å². The zero-order valence-corrected chi connectivity index (χ0v) is 9.35. The van der Waals surface area contributed by atoms with Gasteiger partial charge in [0.25, 0.3) is 0 Å². The first-order valence-electron chi connectivity index (χ1n) is 4.58. The maximum Gasteiger partial charge on any atom is 0.419 e. The Hall–Kier alpha value is -1.83. The third-order valence-electron chi connectivity index (χ3n) is 2.12. The van der Waals surface area contributed by atoms with Gasteiger partial charge in [0.05, 0.1) is 11.8 Å². The second-order valence-corrected chi connectivity index (χ2v) is 4.09. The van der Waals surface area contributed by atoms with E-state index < -0.39 is 23.3 Å². The highest BCUT2D eigenvalue weighted by Crippen LogP contribution is 2.31. The van der Waals surface area contributed by atoms with E-state index in [0.717, 1.165) is 17.6 Å². The van der Waals surface area contributed by atoms with E-state index in [9.17, 15) is 22.4 Å². The summed E-state index contributed by atoms with van der Waals surface area (Å²) in [6.07, 6.45) is -3.61. The third kappa shape index (κ3) is 2.37. The lowest BCUT2D eigenvalue weighted by atomic mass is 10.1. The van der Waals surface area contributed by atoms with Crippen LogP contribution in [-0.2, 0) is 6.18 Å². The summed E-state index contributed by atoms with van der Waals surface area (Å²) in [4.78, 5) is 11.8. The van der Waals surface area contributed by atoms with Crippen LogP contribution in [0.4, 0.5) is 17.6 Å². The molecule has 0 unspecified atom stereocenters. The standard InChI is InChI=1S/C10H4F4N2OS/c11-7-3-5(1-2-6(7)10(12,13)14)9(17)8-4-15-16-18-8/h1-4H. The lowest BCUT2D eigenvalue weighted by Gasteiger charge is -2.08. The number of halogens is 4. The van der Waals surface area contributed by atoms with Gasteiger partial charge in [-0.25, -0.2) is 4.39 Å². The quantitative estimate of drug-likeness (QED) is 0.625. The fourth-order valence-electron chi connectivity index (χ4n) is 1.30. The van der Waals surface area contributed by atoms with E-state index >= 15 is 0 Å². The first-order chi connectivity index (χ1) is 8.39. The molecule has 0 fully saturated rings. The Morgan fingerprint density at radius 1 is 1.28 bits per heavy atom. The molecule has 3 nitrogen and oxygen atoms in total. The maximum absolute atomic E-state index is 13.2. The number of ketones is 1. The normalized spacial score (nSPS) is 11.6. The van der Waals surface area contributed by atoms with Gasteiger partial charge < -0.3 is 0 Å². The topological polar surface area (TPSA) is 42.9 Å². The molecule has 0 N–H and O–H groups in total. The Bertz CT molecular complexity index is 580. The fraction of sp³-hybridized carbons (Fsp3) is 0.100. The molecule has 8 heteroatoms. The van der Waals surface area contributed by atoms with Crippen LogP contribution in [0.2, 0.25) is 0 Å². The summed E-state index contributed by atoms with van der Waals surface area (Å²) in [5.41, 5.74) is -1.58. The third-order valence-corrected chi connectivity index (χ3v) is 2.79. The van der Waals surface area contributed by atoms with E-state index in [-0.39, 0.29) is 10.4 Å². The molecule has 0 aliphatic heterocycles. The number of alkyl halides is 3. The molecule has 1 aromatic carbocycles. The fourth-order valence-corrected chi connectivity index (χ4v) is 1.77. The molecule has 2 aromatic rings. The molecule has 0 radical (unpaired) electrons. The highest BCUT2D eigenvalue weighted by atomic mass is 32.1. The minimum absolute atomic E-state index is 0.133. The van der Waals surface area contributed by atoms with E-state index in [0.29, 0.717) is 12.1 Å². The van der Waals surface area contributed by atoms with Crippen LogP contribution in [0.25, 0.3) is 0 Å². The van der Waals surface area contributed by atoms with Crippen molar-refractivity contribution in [1.29, 1.82) is 0 Å². The molecule has 0 bridgehead atoms. The van der Waals surface area contributed by atoms with Crippen LogP contribution in [0.15, 0.2) is 24.4 Å². The van der Waals surface area contributed by atoms with Gasteiger partial charge in [-0.3, -0.25) is 4.79 Å². The minimum Gasteiger partial charge on any atom is -0.288 e. The maximum atomic E-state index is 13.2. The van der Waals surface area contributed by atoms with Crippen molar-refractivity contribution in [3.05, 3.63) is 46.2 Å². The Kier molecular flexibility index (Phi) is 3.12. The van der Waals surface area contributed by atoms with E-state index in [1.54, 1.807) is 0 Å². The second-order valence-electron chi connectivity index (χ2n) is 3.30. The van der Waals surface area contributed by atoms with Crippen molar-refractivity contribution in [3.8, 4) is 0 Å². The Balaban J connectivity index is 2.38. The highest BCUT2D eigenvalue weighted by Gasteiger charge is 2.34. The monoisotopic (exact) mass is 276 g/mol. The van der Waals surface area contributed by atoms with Crippen molar-refractivity contribution in [2.75, 3.05) is 0 Å². The smallest absolute Gasteiger partial charge is 0.288 e. The lowest BCUT2D eigenvalue weighted by molar-refractivity contribution is -0.140. The van der Waals surface area contributed by atoms with Crippen molar-refractivity contribution in [2.45, 2.75) is 6.18 Å². The molecule has 2 rings (SSSR count). The van der Waals surface area contributed by atoms with Gasteiger partial charge in [0.1, 0.15) is 10.7 Å². The number of aromatic nitrogens is 2. The Labute approximate surface area is 102 Å². The van der Waals surface area contributed by atoms with Crippen LogP contribution < -0.4 is 0 Å². The molecule has 0 spiro atoms. The molecule has 0 atom stereocenters. The predicted octanol–water partition coefficient (Wildman–Crippen LogP) is 2.93. The largest absolute Gasteiger partial charge is 0.419 e. The van der Waals surface area contributed by atoms with Crippen molar-refractivity contribution >= 4 is 17.3 Å². The van der Waals surface area contributed by atoms with Gasteiger partial charge in [-0.2, -0.15) is 13.2 Å². The number of benzene rings is 1. The molecule has 0 saturated heterocycles. The van der Waals surface area contributed by atoms with Crippen molar-refractivity contribution in [1.82, 2.24) is 9.59 Å². The zero-order chi connectivity index (χ0) is 13.3. The molecular weight excluding hydrogens is 272 g/mol. The van der Waals surface area contributed by atoms with Gasteiger partial charge in [0.2, 0.25) is 5.78 Å². The van der Waals surface area contributed by atoms with Gasteiger partial charge in [-0.1, -0.05) is 10.6 Å². The summed E-state index contributed by atoms with van der Waals surface area (Å²) in [7, 11) is 0. The number of hydrogen-bond donors (Lipinski definition) is 0. The van der Waals surface area contributed by atoms with Crippen LogP contribution in [0.3, 0.4) is 0 Å². The molecule has 94 valence electrons. The van der Waals surface area contributed by atoms with Gasteiger partial charge in [0.15, 0.2) is 0 Å². The summed E-state index contributed by atoms with van der Waals surface area (Å²) in [5.74, 6) is -2.09. The van der Waals surface area contributed by atoms with Crippen LogP contribution in [0, 0.1) is 5.82 Å². The van der Waals surface area contributed by atoms with Crippen molar-refractivity contribution < 1.29 is 22.4 Å². The van der Waals surface area contributed by atoms with Gasteiger partial charge in [0, 0.05) is 5.56 Å². The van der Waals surface area contributed by atoms with Crippen LogP contribution in [0.5, 0.6) is 0 Å². The number of rotatable bonds is 2. The van der Waals surface area contributed by atoms with E-state index in [4.69, 9.17) is 0 Å². The molecular formula is C10H4F4N2OS. The molecule has 0 saturated carbocycles. The second kappa shape index (κ2) is 4.45. The molecule has 0 aliphatic carbocycles. The number of carbonyl (C=O) groups excluding carboxylic acids is 1. The summed E-state index contributed by atoms with van der Waals surface area (Å²) >= 11 is 0.786. The average Bonchev–Trinajstić information content (AvgIpc) is 2.79. The Morgan fingerprint density at radius 3 is 2.50 bits per heavy atom. The molecule has 0 amide bonds. The van der Waals surface area contributed by atoms with Gasteiger partial charge in [-0.05, 0) is 23.7 Å². The average molecular weight is 276 g/mol. The van der Waals surface area contributed by atoms with Crippen LogP contribution in [-0.4, -0.2) is 15.4 Å². The summed E-state index contributed by atoms with van der Waals surface area (Å²) in [6.45, 7) is 0. The zero-order valence-electron chi connectivity index (χ0n) is 8.53. The first-order valence-corrected chi connectivity index (χ1v) is 5.36. The number of nitrogens with zero attached hydrogens (tertiary/aromatic N) is 2. The lowest BCUT2D eigenvalue weighted by Crippen LogP contribution is -2.09. The molecule has 1 aromatic heterocycles. The predicted molar refractivity (Wildman–Crippen MR) is 54.7 cm³/mol. The molecule has 1 heterocycles. The molecule has 18 heavy (non-hydrogen) atoms. The van der Waals surface area contributed by atoms with Gasteiger partial charge in [-0.15, -0.1) is 5.10 Å². The van der Waals surface area contributed by atoms with Crippen LogP contribution >= 0.6 is 11.5 Å². The minimum atomic E-state index is -4.78. The van der Waals surface area contributed by atoms with Gasteiger partial charge >= 0.3 is 6.18 Å².